The highest BCUT2D eigenvalue weighted by molar-refractivity contribution is 5.68. The average molecular weight is 584 g/mol. The average Bonchev–Trinajstić information content (AvgIpc) is 3.24. The number of ether oxygens (including phenoxy) is 4. The topological polar surface area (TPSA) is 106 Å². The van der Waals surface area contributed by atoms with Gasteiger partial charge in [-0.2, -0.15) is 0 Å². The third-order valence-electron chi connectivity index (χ3n) is 7.50. The van der Waals surface area contributed by atoms with Gasteiger partial charge in [-0.1, -0.05) is 121 Å². The normalized spacial score (nSPS) is 23.1. The molecule has 4 aromatic carbocycles. The van der Waals surface area contributed by atoms with Gasteiger partial charge in [0.25, 0.3) is 0 Å². The summed E-state index contributed by atoms with van der Waals surface area (Å²) in [7, 11) is 0. The lowest BCUT2D eigenvalue weighted by Gasteiger charge is -2.33. The predicted octanol–water partition coefficient (Wildman–Crippen LogP) is 4.77. The molecule has 0 unspecified atom stereocenters. The largest absolute Gasteiger partial charge is 0.445 e. The monoisotopic (exact) mass is 583 g/mol. The Morgan fingerprint density at radius 2 is 1.09 bits per heavy atom. The maximum absolute atomic E-state index is 13.0. The van der Waals surface area contributed by atoms with E-state index < -0.39 is 36.0 Å². The molecule has 0 bridgehead atoms. The van der Waals surface area contributed by atoms with Crippen LogP contribution in [0.5, 0.6) is 0 Å². The minimum atomic E-state index is -1.91. The second kappa shape index (κ2) is 14.9. The lowest BCUT2D eigenvalue weighted by atomic mass is 9.97. The first-order chi connectivity index (χ1) is 21.0. The zero-order valence-electron chi connectivity index (χ0n) is 23.8. The summed E-state index contributed by atoms with van der Waals surface area (Å²) < 4.78 is 24.0. The molecule has 1 saturated carbocycles. The highest BCUT2D eigenvalue weighted by Gasteiger charge is 2.62. The van der Waals surface area contributed by atoms with Crippen molar-refractivity contribution < 1.29 is 34.0 Å². The summed E-state index contributed by atoms with van der Waals surface area (Å²) in [6, 6.07) is 36.8. The number of amides is 1. The number of aliphatic hydroxyl groups excluding tert-OH is 1. The van der Waals surface area contributed by atoms with Crippen LogP contribution in [0.2, 0.25) is 0 Å². The van der Waals surface area contributed by atoms with Crippen LogP contribution in [0.15, 0.2) is 121 Å². The smallest absolute Gasteiger partial charge is 0.407 e. The molecule has 224 valence electrons. The van der Waals surface area contributed by atoms with Gasteiger partial charge in [-0.25, -0.2) is 4.79 Å². The number of carbonyl (C=O) groups is 1. The van der Waals surface area contributed by atoms with E-state index in [2.05, 4.69) is 5.32 Å². The van der Waals surface area contributed by atoms with E-state index in [0.717, 1.165) is 22.3 Å². The summed E-state index contributed by atoms with van der Waals surface area (Å²) in [6.45, 7) is 0.319. The molecule has 0 heterocycles. The first-order valence-corrected chi connectivity index (χ1v) is 14.3. The van der Waals surface area contributed by atoms with Gasteiger partial charge in [0.05, 0.1) is 32.5 Å². The summed E-state index contributed by atoms with van der Waals surface area (Å²) in [5.74, 6) is 0. The number of nitrogens with one attached hydrogen (secondary N) is 1. The number of hydrogen-bond acceptors (Lipinski definition) is 7. The Morgan fingerprint density at radius 3 is 1.60 bits per heavy atom. The molecular weight excluding hydrogens is 546 g/mol. The van der Waals surface area contributed by atoms with Crippen molar-refractivity contribution in [1.82, 2.24) is 5.32 Å². The zero-order chi connectivity index (χ0) is 29.9. The van der Waals surface area contributed by atoms with E-state index in [4.69, 9.17) is 18.9 Å². The number of rotatable bonds is 13. The van der Waals surface area contributed by atoms with Crippen LogP contribution >= 0.6 is 0 Å². The van der Waals surface area contributed by atoms with E-state index >= 15 is 0 Å². The predicted molar refractivity (Wildman–Crippen MR) is 161 cm³/mol. The van der Waals surface area contributed by atoms with Crippen molar-refractivity contribution in [2.24, 2.45) is 0 Å². The highest BCUT2D eigenvalue weighted by atomic mass is 16.6. The Bertz CT molecular complexity index is 1390. The van der Waals surface area contributed by atoms with Crippen LogP contribution in [0.1, 0.15) is 22.3 Å². The van der Waals surface area contributed by atoms with Crippen molar-refractivity contribution in [3.63, 3.8) is 0 Å². The van der Waals surface area contributed by atoms with Gasteiger partial charge in [0.15, 0.2) is 0 Å². The van der Waals surface area contributed by atoms with Gasteiger partial charge in [0.1, 0.15) is 30.5 Å². The van der Waals surface area contributed by atoms with Gasteiger partial charge < -0.3 is 34.5 Å². The third-order valence-corrected chi connectivity index (χ3v) is 7.50. The SMILES string of the molecule is O=C(N[C@@H]1[C@@H](OCc2ccccc2)[C@@H](OCc2ccccc2)[C@@](O)(COCc2ccccc2)[C@@H]1O)OCc1ccccc1. The molecule has 5 atom stereocenters. The summed E-state index contributed by atoms with van der Waals surface area (Å²) in [6.07, 6.45) is -4.23. The Labute approximate surface area is 251 Å². The van der Waals surface area contributed by atoms with Gasteiger partial charge in [-0.05, 0) is 22.3 Å². The van der Waals surface area contributed by atoms with E-state index in [1.165, 1.54) is 0 Å². The quantitative estimate of drug-likeness (QED) is 0.208. The number of alkyl carbamates (subject to hydrolysis) is 1. The van der Waals surface area contributed by atoms with Crippen LogP contribution < -0.4 is 5.32 Å². The van der Waals surface area contributed by atoms with E-state index in [0.29, 0.717) is 0 Å². The molecule has 1 aliphatic rings. The van der Waals surface area contributed by atoms with Gasteiger partial charge in [-0.3, -0.25) is 0 Å². The molecular formula is C35H37NO7. The van der Waals surface area contributed by atoms with Crippen molar-refractivity contribution >= 4 is 6.09 Å². The molecule has 1 amide bonds. The minimum absolute atomic E-state index is 0.0451. The second-order valence-corrected chi connectivity index (χ2v) is 10.6. The van der Waals surface area contributed by atoms with E-state index in [9.17, 15) is 15.0 Å². The molecule has 0 radical (unpaired) electrons. The molecule has 0 aromatic heterocycles. The van der Waals surface area contributed by atoms with Gasteiger partial charge in [0.2, 0.25) is 0 Å². The standard InChI is InChI=1S/C35H37NO7/c37-32-30(36-34(38)43-24-29-19-11-4-12-20-29)31(41-22-27-15-7-2-8-16-27)33(42-23-28-17-9-3-10-18-28)35(32,39)25-40-21-26-13-5-1-6-14-26/h1-20,30-33,37,39H,21-25H2,(H,36,38)/t30-,31-,32-,33-,35-/m1/s1. The molecule has 0 saturated heterocycles. The fraction of sp³-hybridized carbons (Fsp3) is 0.286. The van der Waals surface area contributed by atoms with Gasteiger partial charge in [-0.15, -0.1) is 0 Å². The fourth-order valence-electron chi connectivity index (χ4n) is 5.22. The maximum Gasteiger partial charge on any atom is 0.407 e. The third kappa shape index (κ3) is 8.07. The molecule has 0 spiro atoms. The summed E-state index contributed by atoms with van der Waals surface area (Å²) in [4.78, 5) is 13.0. The van der Waals surface area contributed by atoms with Gasteiger partial charge in [0, 0.05) is 0 Å². The van der Waals surface area contributed by atoms with Crippen LogP contribution in [-0.4, -0.2) is 52.9 Å². The van der Waals surface area contributed by atoms with E-state index in [-0.39, 0.29) is 33.0 Å². The number of carbonyl (C=O) groups excluding carboxylic acids is 1. The van der Waals surface area contributed by atoms with Crippen LogP contribution in [-0.2, 0) is 45.4 Å². The molecule has 5 rings (SSSR count). The van der Waals surface area contributed by atoms with Crippen molar-refractivity contribution in [3.05, 3.63) is 144 Å². The lowest BCUT2D eigenvalue weighted by Crippen LogP contribution is -2.54. The van der Waals surface area contributed by atoms with Crippen molar-refractivity contribution in [3.8, 4) is 0 Å². The highest BCUT2D eigenvalue weighted by Crippen LogP contribution is 2.37. The summed E-state index contributed by atoms with van der Waals surface area (Å²) in [5.41, 5.74) is 1.58. The van der Waals surface area contributed by atoms with Crippen molar-refractivity contribution in [2.45, 2.75) is 56.4 Å². The maximum atomic E-state index is 13.0. The van der Waals surface area contributed by atoms with Crippen LogP contribution in [0.4, 0.5) is 4.79 Å². The summed E-state index contributed by atoms with van der Waals surface area (Å²) in [5, 5.41) is 26.4. The Morgan fingerprint density at radius 1 is 0.651 bits per heavy atom. The number of hydrogen-bond donors (Lipinski definition) is 3. The number of benzene rings is 4. The van der Waals surface area contributed by atoms with Crippen LogP contribution in [0.25, 0.3) is 0 Å². The Balaban J connectivity index is 1.38. The zero-order valence-corrected chi connectivity index (χ0v) is 23.8. The molecule has 0 aliphatic heterocycles. The summed E-state index contributed by atoms with van der Waals surface area (Å²) >= 11 is 0. The van der Waals surface area contributed by atoms with E-state index in [1.54, 1.807) is 0 Å². The Hall–Kier alpha value is -4.05. The van der Waals surface area contributed by atoms with Gasteiger partial charge >= 0.3 is 6.09 Å². The molecule has 8 heteroatoms. The minimum Gasteiger partial charge on any atom is -0.445 e. The van der Waals surface area contributed by atoms with Crippen LogP contribution in [0.3, 0.4) is 0 Å². The van der Waals surface area contributed by atoms with E-state index in [1.807, 2.05) is 121 Å². The molecule has 43 heavy (non-hydrogen) atoms. The fourth-order valence-corrected chi connectivity index (χ4v) is 5.22. The second-order valence-electron chi connectivity index (χ2n) is 10.6. The Kier molecular flexibility index (Phi) is 10.5. The van der Waals surface area contributed by atoms with Crippen LogP contribution in [0, 0.1) is 0 Å². The molecule has 3 N–H and O–H groups in total. The first kappa shape index (κ1) is 30.4. The molecule has 8 nitrogen and oxygen atoms in total. The number of aliphatic hydroxyl groups is 2. The first-order valence-electron chi connectivity index (χ1n) is 14.3. The molecule has 4 aromatic rings. The lowest BCUT2D eigenvalue weighted by molar-refractivity contribution is -0.188. The molecule has 1 aliphatic carbocycles. The van der Waals surface area contributed by atoms with Crippen molar-refractivity contribution in [1.29, 1.82) is 0 Å². The van der Waals surface area contributed by atoms with Crippen molar-refractivity contribution in [2.75, 3.05) is 6.61 Å². The molecule has 1 fully saturated rings.